The van der Waals surface area contributed by atoms with Crippen molar-refractivity contribution in [1.82, 2.24) is 0 Å². The van der Waals surface area contributed by atoms with Crippen LogP contribution >= 0.6 is 0 Å². The molecule has 29 heavy (non-hydrogen) atoms. The van der Waals surface area contributed by atoms with Crippen LogP contribution in [0.15, 0.2) is 0 Å². The number of ether oxygens (including phenoxy) is 1. The summed E-state index contributed by atoms with van der Waals surface area (Å²) in [6.07, 6.45) is 9.64. The van der Waals surface area contributed by atoms with E-state index in [1.807, 2.05) is 0 Å². The van der Waals surface area contributed by atoms with Crippen molar-refractivity contribution >= 4 is 11.8 Å². The van der Waals surface area contributed by atoms with Gasteiger partial charge in [-0.05, 0) is 79.4 Å². The summed E-state index contributed by atoms with van der Waals surface area (Å²) in [5.41, 5.74) is -0.108. The monoisotopic (exact) mass is 404 g/mol. The highest BCUT2D eigenvalue weighted by Gasteiger charge is 2.65. The van der Waals surface area contributed by atoms with Gasteiger partial charge in [0.05, 0.1) is 13.2 Å². The van der Waals surface area contributed by atoms with Crippen LogP contribution in [0.4, 0.5) is 0 Å². The number of ketones is 1. The third-order valence-electron chi connectivity index (χ3n) is 10.3. The molecule has 0 spiro atoms. The average Bonchev–Trinajstić information content (AvgIpc) is 3.05. The van der Waals surface area contributed by atoms with E-state index in [4.69, 9.17) is 4.74 Å². The SMILES string of the molecule is COC(=O)CC[C@@H](C)[C@H]1CC[C@H]2[C@@H]3[C@@H](O)C[C@@H]4CCCC[C@]4(C)[C@H]3CC(=O)[C@]12C. The number of methoxy groups -OCH3 is 1. The number of fused-ring (bicyclic) bond motifs is 5. The summed E-state index contributed by atoms with van der Waals surface area (Å²) in [5, 5.41) is 11.3. The van der Waals surface area contributed by atoms with E-state index >= 15 is 0 Å². The first-order valence-electron chi connectivity index (χ1n) is 12.0. The zero-order valence-electron chi connectivity index (χ0n) is 18.8. The highest BCUT2D eigenvalue weighted by molar-refractivity contribution is 5.87. The van der Waals surface area contributed by atoms with Crippen LogP contribution in [0.25, 0.3) is 0 Å². The minimum atomic E-state index is -0.338. The molecule has 4 aliphatic carbocycles. The number of Topliss-reactive ketones (excluding diaryl/α,β-unsaturated/α-hetero) is 1. The topological polar surface area (TPSA) is 63.6 Å². The van der Waals surface area contributed by atoms with Crippen LogP contribution < -0.4 is 0 Å². The van der Waals surface area contributed by atoms with Crippen LogP contribution in [0.5, 0.6) is 0 Å². The molecule has 1 N–H and O–H groups in total. The lowest BCUT2D eigenvalue weighted by molar-refractivity contribution is -0.176. The largest absolute Gasteiger partial charge is 0.469 e. The lowest BCUT2D eigenvalue weighted by Crippen LogP contribution is -2.60. The van der Waals surface area contributed by atoms with Crippen molar-refractivity contribution in [3.8, 4) is 0 Å². The fourth-order valence-electron chi connectivity index (χ4n) is 8.56. The van der Waals surface area contributed by atoms with E-state index in [9.17, 15) is 14.7 Å². The quantitative estimate of drug-likeness (QED) is 0.685. The lowest BCUT2D eigenvalue weighted by atomic mass is 9.43. The molecule has 4 rings (SSSR count). The molecule has 0 heterocycles. The molecule has 0 saturated heterocycles. The molecule has 4 nitrogen and oxygen atoms in total. The zero-order valence-corrected chi connectivity index (χ0v) is 18.8. The first-order chi connectivity index (χ1) is 13.7. The first-order valence-corrected chi connectivity index (χ1v) is 12.0. The van der Waals surface area contributed by atoms with Gasteiger partial charge in [-0.25, -0.2) is 0 Å². The van der Waals surface area contributed by atoms with Gasteiger partial charge < -0.3 is 9.84 Å². The van der Waals surface area contributed by atoms with E-state index in [-0.39, 0.29) is 28.8 Å². The van der Waals surface area contributed by atoms with E-state index in [0.29, 0.717) is 48.2 Å². The Morgan fingerprint density at radius 3 is 2.69 bits per heavy atom. The Balaban J connectivity index is 1.59. The summed E-state index contributed by atoms with van der Waals surface area (Å²) in [5.74, 6) is 2.43. The van der Waals surface area contributed by atoms with Crippen LogP contribution in [-0.4, -0.2) is 30.1 Å². The molecule has 4 heteroatoms. The molecule has 0 aliphatic heterocycles. The first kappa shape index (κ1) is 21.3. The van der Waals surface area contributed by atoms with Gasteiger partial charge in [-0.2, -0.15) is 0 Å². The van der Waals surface area contributed by atoms with E-state index in [0.717, 1.165) is 25.7 Å². The Hall–Kier alpha value is -0.900. The molecule has 0 aromatic carbocycles. The number of rotatable bonds is 4. The van der Waals surface area contributed by atoms with Gasteiger partial charge in [0.1, 0.15) is 5.78 Å². The van der Waals surface area contributed by atoms with E-state index < -0.39 is 0 Å². The van der Waals surface area contributed by atoms with Crippen molar-refractivity contribution in [2.75, 3.05) is 7.11 Å². The number of carbonyl (C=O) groups excluding carboxylic acids is 2. The maximum atomic E-state index is 13.7. The van der Waals surface area contributed by atoms with Crippen molar-refractivity contribution in [2.45, 2.75) is 91.1 Å². The number of hydrogen-bond acceptors (Lipinski definition) is 4. The molecule has 164 valence electrons. The molecule has 0 bridgehead atoms. The van der Waals surface area contributed by atoms with E-state index in [1.54, 1.807) is 0 Å². The van der Waals surface area contributed by atoms with Crippen molar-refractivity contribution < 1.29 is 19.4 Å². The summed E-state index contributed by atoms with van der Waals surface area (Å²) in [4.78, 5) is 25.3. The van der Waals surface area contributed by atoms with Crippen LogP contribution in [0, 0.1) is 46.3 Å². The summed E-state index contributed by atoms with van der Waals surface area (Å²) >= 11 is 0. The van der Waals surface area contributed by atoms with Gasteiger partial charge in [0.2, 0.25) is 0 Å². The molecule has 0 unspecified atom stereocenters. The number of esters is 1. The second kappa shape index (κ2) is 7.66. The molecule has 0 aromatic heterocycles. The Labute approximate surface area is 176 Å². The maximum Gasteiger partial charge on any atom is 0.305 e. The van der Waals surface area contributed by atoms with Crippen molar-refractivity contribution in [1.29, 1.82) is 0 Å². The molecule has 4 aliphatic rings. The second-order valence-corrected chi connectivity index (χ2v) is 11.2. The van der Waals surface area contributed by atoms with Gasteiger partial charge in [0.25, 0.3) is 0 Å². The fraction of sp³-hybridized carbons (Fsp3) is 0.920. The van der Waals surface area contributed by atoms with Gasteiger partial charge in [-0.1, -0.05) is 33.6 Å². The molecule has 4 saturated carbocycles. The Kier molecular flexibility index (Phi) is 5.63. The van der Waals surface area contributed by atoms with Gasteiger partial charge in [-0.15, -0.1) is 0 Å². The van der Waals surface area contributed by atoms with Gasteiger partial charge in [0.15, 0.2) is 0 Å². The number of aliphatic hydroxyl groups is 1. The summed E-state index contributed by atoms with van der Waals surface area (Å²) < 4.78 is 4.82. The smallest absolute Gasteiger partial charge is 0.305 e. The maximum absolute atomic E-state index is 13.7. The highest BCUT2D eigenvalue weighted by Crippen LogP contribution is 2.67. The summed E-state index contributed by atoms with van der Waals surface area (Å²) in [7, 11) is 1.44. The normalized spacial score (nSPS) is 47.7. The Morgan fingerprint density at radius 2 is 1.97 bits per heavy atom. The lowest BCUT2D eigenvalue weighted by Gasteiger charge is -2.61. The van der Waals surface area contributed by atoms with Crippen LogP contribution in [-0.2, 0) is 14.3 Å². The predicted molar refractivity (Wildman–Crippen MR) is 112 cm³/mol. The standard InChI is InChI=1S/C25H40O4/c1-15(8-11-22(28)29-4)17-9-10-18-23-19(14-21(27)25(17,18)3)24(2)12-6-5-7-16(24)13-20(23)26/h15-20,23,26H,5-14H2,1-4H3/t15-,16+,17-,18+,19+,20+,23+,24+,25-/m1/s1. The van der Waals surface area contributed by atoms with Crippen molar-refractivity contribution in [3.05, 3.63) is 0 Å². The molecule has 4 fully saturated rings. The van der Waals surface area contributed by atoms with Crippen molar-refractivity contribution in [3.63, 3.8) is 0 Å². The average molecular weight is 405 g/mol. The second-order valence-electron chi connectivity index (χ2n) is 11.2. The van der Waals surface area contributed by atoms with E-state index in [2.05, 4.69) is 20.8 Å². The molecule has 0 amide bonds. The molecule has 9 atom stereocenters. The van der Waals surface area contributed by atoms with Gasteiger partial charge in [-0.3, -0.25) is 9.59 Å². The third-order valence-corrected chi connectivity index (χ3v) is 10.3. The Bertz CT molecular complexity index is 659. The number of hydrogen-bond donors (Lipinski definition) is 1. The number of aliphatic hydroxyl groups excluding tert-OH is 1. The third kappa shape index (κ3) is 3.20. The minimum Gasteiger partial charge on any atom is -0.469 e. The fourth-order valence-corrected chi connectivity index (χ4v) is 8.56. The van der Waals surface area contributed by atoms with E-state index in [1.165, 1.54) is 32.8 Å². The van der Waals surface area contributed by atoms with Gasteiger partial charge in [0, 0.05) is 18.3 Å². The highest BCUT2D eigenvalue weighted by atomic mass is 16.5. The molecule has 0 radical (unpaired) electrons. The summed E-state index contributed by atoms with van der Waals surface area (Å²) in [6.45, 7) is 6.84. The minimum absolute atomic E-state index is 0.162. The van der Waals surface area contributed by atoms with Crippen LogP contribution in [0.3, 0.4) is 0 Å². The number of carbonyl (C=O) groups is 2. The molecular weight excluding hydrogens is 364 g/mol. The predicted octanol–water partition coefficient (Wildman–Crippen LogP) is 4.77. The molecule has 0 aromatic rings. The van der Waals surface area contributed by atoms with Crippen molar-refractivity contribution in [2.24, 2.45) is 46.3 Å². The molecular formula is C25H40O4. The summed E-state index contributed by atoms with van der Waals surface area (Å²) in [6, 6.07) is 0. The Morgan fingerprint density at radius 1 is 1.21 bits per heavy atom. The van der Waals surface area contributed by atoms with Gasteiger partial charge >= 0.3 is 5.97 Å². The zero-order chi connectivity index (χ0) is 21.0. The van der Waals surface area contributed by atoms with Crippen LogP contribution in [0.2, 0.25) is 0 Å². The van der Waals surface area contributed by atoms with Crippen LogP contribution in [0.1, 0.15) is 85.0 Å².